The Labute approximate surface area is 148 Å². The molecule has 0 saturated heterocycles. The summed E-state index contributed by atoms with van der Waals surface area (Å²) < 4.78 is 28.1. The van der Waals surface area contributed by atoms with Crippen LogP contribution in [0.15, 0.2) is 24.3 Å². The second-order valence-electron chi connectivity index (χ2n) is 6.99. The van der Waals surface area contributed by atoms with Crippen LogP contribution in [0, 0.1) is 5.41 Å². The number of hydrogen-bond donors (Lipinski definition) is 2. The summed E-state index contributed by atoms with van der Waals surface area (Å²) in [5.74, 6) is -1.91. The van der Waals surface area contributed by atoms with Crippen molar-refractivity contribution in [2.75, 3.05) is 12.9 Å². The molecule has 25 heavy (non-hydrogen) atoms. The second kappa shape index (κ2) is 8.44. The normalized spacial score (nSPS) is 13.2. The number of carbonyl (C=O) groups is 2. The van der Waals surface area contributed by atoms with Crippen molar-refractivity contribution in [2.24, 2.45) is 11.1 Å². The predicted molar refractivity (Wildman–Crippen MR) is 95.2 cm³/mol. The van der Waals surface area contributed by atoms with Gasteiger partial charge in [-0.25, -0.2) is 8.42 Å². The van der Waals surface area contributed by atoms with Gasteiger partial charge >= 0.3 is 5.97 Å². The van der Waals surface area contributed by atoms with Crippen molar-refractivity contribution in [2.45, 2.75) is 39.1 Å². The lowest BCUT2D eigenvalue weighted by atomic mass is 9.87. The molecule has 0 aromatic heterocycles. The van der Waals surface area contributed by atoms with E-state index in [0.29, 0.717) is 12.1 Å². The molecule has 0 unspecified atom stereocenters. The average molecular weight is 370 g/mol. The molecule has 0 heterocycles. The highest BCUT2D eigenvalue weighted by atomic mass is 32.2. The standard InChI is InChI=1S/C17H26N2O5S/c1-17(2,3)15(18)16(21)19-9-12-5-7-13(8-6-12)10-25(22,23)11-14(20)24-4/h5-8,15H,9-11,18H2,1-4H3,(H,19,21)/t15-/m1/s1. The van der Waals surface area contributed by atoms with Crippen LogP contribution >= 0.6 is 0 Å². The van der Waals surface area contributed by atoms with Crippen LogP contribution in [0.3, 0.4) is 0 Å². The van der Waals surface area contributed by atoms with Gasteiger partial charge in [0.15, 0.2) is 9.84 Å². The van der Waals surface area contributed by atoms with Gasteiger partial charge in [0.25, 0.3) is 0 Å². The number of carbonyl (C=O) groups excluding carboxylic acids is 2. The molecule has 0 fully saturated rings. The number of amides is 1. The average Bonchev–Trinajstić information content (AvgIpc) is 2.51. The molecule has 0 aliphatic carbocycles. The van der Waals surface area contributed by atoms with Gasteiger partial charge in [0, 0.05) is 6.54 Å². The van der Waals surface area contributed by atoms with E-state index in [4.69, 9.17) is 5.73 Å². The van der Waals surface area contributed by atoms with Gasteiger partial charge in [0.1, 0.15) is 5.75 Å². The smallest absolute Gasteiger partial charge is 0.320 e. The van der Waals surface area contributed by atoms with Gasteiger partial charge in [-0.05, 0) is 16.5 Å². The molecule has 0 aliphatic heterocycles. The van der Waals surface area contributed by atoms with E-state index in [-0.39, 0.29) is 17.1 Å². The molecule has 0 bridgehead atoms. The van der Waals surface area contributed by atoms with E-state index in [9.17, 15) is 18.0 Å². The highest BCUT2D eigenvalue weighted by Crippen LogP contribution is 2.17. The Hall–Kier alpha value is -1.93. The number of nitrogens with two attached hydrogens (primary N) is 1. The minimum absolute atomic E-state index is 0.239. The summed E-state index contributed by atoms with van der Waals surface area (Å²) in [7, 11) is -2.43. The number of rotatable bonds is 7. The Morgan fingerprint density at radius 3 is 2.16 bits per heavy atom. The number of methoxy groups -OCH3 is 1. The molecule has 7 nitrogen and oxygen atoms in total. The Kier molecular flexibility index (Phi) is 7.13. The van der Waals surface area contributed by atoms with Gasteiger partial charge in [0.2, 0.25) is 5.91 Å². The maximum atomic E-state index is 12.0. The molecular formula is C17H26N2O5S. The van der Waals surface area contributed by atoms with Gasteiger partial charge in [-0.15, -0.1) is 0 Å². The van der Waals surface area contributed by atoms with Crippen LogP contribution in [0.4, 0.5) is 0 Å². The number of benzene rings is 1. The van der Waals surface area contributed by atoms with E-state index >= 15 is 0 Å². The third-order valence-corrected chi connectivity index (χ3v) is 5.11. The first-order valence-corrected chi connectivity index (χ1v) is 9.65. The minimum atomic E-state index is -3.57. The minimum Gasteiger partial charge on any atom is -0.468 e. The monoisotopic (exact) mass is 370 g/mol. The summed E-state index contributed by atoms with van der Waals surface area (Å²) in [6.45, 7) is 5.97. The van der Waals surface area contributed by atoms with Crippen molar-refractivity contribution in [1.82, 2.24) is 5.32 Å². The van der Waals surface area contributed by atoms with Crippen molar-refractivity contribution in [3.05, 3.63) is 35.4 Å². The Morgan fingerprint density at radius 1 is 1.16 bits per heavy atom. The van der Waals surface area contributed by atoms with Crippen LogP contribution in [0.1, 0.15) is 31.9 Å². The van der Waals surface area contributed by atoms with Crippen LogP contribution in [-0.4, -0.2) is 39.2 Å². The molecule has 0 aliphatic rings. The molecule has 3 N–H and O–H groups in total. The van der Waals surface area contributed by atoms with E-state index in [1.54, 1.807) is 24.3 Å². The van der Waals surface area contributed by atoms with Crippen LogP contribution < -0.4 is 11.1 Å². The molecule has 1 atom stereocenters. The maximum absolute atomic E-state index is 12.0. The fourth-order valence-electron chi connectivity index (χ4n) is 1.99. The number of hydrogen-bond acceptors (Lipinski definition) is 6. The van der Waals surface area contributed by atoms with E-state index < -0.39 is 27.6 Å². The van der Waals surface area contributed by atoms with Gasteiger partial charge in [-0.2, -0.15) is 0 Å². The molecule has 1 aromatic carbocycles. The van der Waals surface area contributed by atoms with Crippen LogP contribution in [0.25, 0.3) is 0 Å². The SMILES string of the molecule is COC(=O)CS(=O)(=O)Cc1ccc(CNC(=O)[C@@H](N)C(C)(C)C)cc1. The summed E-state index contributed by atoms with van der Waals surface area (Å²) in [5, 5.41) is 2.76. The van der Waals surface area contributed by atoms with Crippen molar-refractivity contribution >= 4 is 21.7 Å². The van der Waals surface area contributed by atoms with Gasteiger partial charge in [0.05, 0.1) is 18.9 Å². The van der Waals surface area contributed by atoms with E-state index in [0.717, 1.165) is 12.7 Å². The summed E-state index contributed by atoms with van der Waals surface area (Å²) in [6, 6.07) is 6.15. The number of sulfone groups is 1. The molecule has 8 heteroatoms. The highest BCUT2D eigenvalue weighted by molar-refractivity contribution is 7.91. The van der Waals surface area contributed by atoms with E-state index in [1.807, 2.05) is 20.8 Å². The molecule has 0 radical (unpaired) electrons. The molecule has 0 saturated carbocycles. The maximum Gasteiger partial charge on any atom is 0.320 e. The summed E-state index contributed by atoms with van der Waals surface area (Å²) in [6.07, 6.45) is 0. The Bertz CT molecular complexity index is 706. The zero-order chi connectivity index (χ0) is 19.3. The van der Waals surface area contributed by atoms with Gasteiger partial charge < -0.3 is 15.8 Å². The zero-order valence-electron chi connectivity index (χ0n) is 15.0. The van der Waals surface area contributed by atoms with Gasteiger partial charge in [-0.3, -0.25) is 9.59 Å². The van der Waals surface area contributed by atoms with Crippen molar-refractivity contribution in [3.8, 4) is 0 Å². The lowest BCUT2D eigenvalue weighted by Gasteiger charge is -2.25. The molecule has 0 spiro atoms. The molecule has 1 rings (SSSR count). The second-order valence-corrected chi connectivity index (χ2v) is 9.05. The van der Waals surface area contributed by atoms with Gasteiger partial charge in [-0.1, -0.05) is 45.0 Å². The summed E-state index contributed by atoms with van der Waals surface area (Å²) in [5.41, 5.74) is 6.94. The van der Waals surface area contributed by atoms with Crippen molar-refractivity contribution in [3.63, 3.8) is 0 Å². The number of nitrogens with one attached hydrogen (secondary N) is 1. The summed E-state index contributed by atoms with van der Waals surface area (Å²) >= 11 is 0. The number of esters is 1. The van der Waals surface area contributed by atoms with Crippen LogP contribution in [-0.2, 0) is 36.5 Å². The zero-order valence-corrected chi connectivity index (χ0v) is 15.9. The van der Waals surface area contributed by atoms with Crippen LogP contribution in [0.5, 0.6) is 0 Å². The lowest BCUT2D eigenvalue weighted by Crippen LogP contribution is -2.48. The van der Waals surface area contributed by atoms with Crippen LogP contribution in [0.2, 0.25) is 0 Å². The molecule has 1 aromatic rings. The first-order valence-electron chi connectivity index (χ1n) is 7.83. The van der Waals surface area contributed by atoms with Crippen molar-refractivity contribution < 1.29 is 22.7 Å². The highest BCUT2D eigenvalue weighted by Gasteiger charge is 2.27. The number of ether oxygens (including phenoxy) is 1. The fourth-order valence-corrected chi connectivity index (χ4v) is 3.27. The van der Waals surface area contributed by atoms with E-state index in [1.165, 1.54) is 0 Å². The summed E-state index contributed by atoms with van der Waals surface area (Å²) in [4.78, 5) is 23.1. The Balaban J connectivity index is 2.62. The first-order chi connectivity index (χ1) is 11.4. The Morgan fingerprint density at radius 2 is 1.68 bits per heavy atom. The largest absolute Gasteiger partial charge is 0.468 e. The molecular weight excluding hydrogens is 344 g/mol. The van der Waals surface area contributed by atoms with Crippen molar-refractivity contribution in [1.29, 1.82) is 0 Å². The third-order valence-electron chi connectivity index (χ3n) is 3.66. The quantitative estimate of drug-likeness (QED) is 0.685. The lowest BCUT2D eigenvalue weighted by molar-refractivity contribution is -0.137. The fraction of sp³-hybridized carbons (Fsp3) is 0.529. The predicted octanol–water partition coefficient (Wildman–Crippen LogP) is 0.764. The van der Waals surface area contributed by atoms with E-state index in [2.05, 4.69) is 10.1 Å². The third kappa shape index (κ3) is 7.23. The first kappa shape index (κ1) is 21.1. The topological polar surface area (TPSA) is 116 Å². The molecule has 1 amide bonds. The molecule has 140 valence electrons.